The molecule has 10 heteroatoms. The fourth-order valence-electron chi connectivity index (χ4n) is 9.00. The Kier molecular flexibility index (Phi) is 55.9. The zero-order valence-electron chi connectivity index (χ0n) is 52.1. The maximum atomic E-state index is 13.6. The summed E-state index contributed by atoms with van der Waals surface area (Å²) < 4.78 is 30.7. The normalized spacial score (nSPS) is 14.3. The van der Waals surface area contributed by atoms with Gasteiger partial charge in [-0.3, -0.25) is 18.6 Å². The van der Waals surface area contributed by atoms with Crippen LogP contribution < -0.4 is 5.32 Å². The molecule has 0 spiro atoms. The zero-order chi connectivity index (χ0) is 57.9. The van der Waals surface area contributed by atoms with Gasteiger partial charge in [0.1, 0.15) is 19.3 Å². The second-order valence-electron chi connectivity index (χ2n) is 22.9. The van der Waals surface area contributed by atoms with Gasteiger partial charge >= 0.3 is 13.8 Å². The van der Waals surface area contributed by atoms with Crippen molar-refractivity contribution in [2.24, 2.45) is 0 Å². The SMILES string of the molecule is CC/C=C\C/C=C\C/C=C\C/C=C\C/C=C\C/C=C\CCCCCCCCCCC(=O)NC(COP(=O)(O)OCC[N+](C)(C)C)C(/C=C\CCCCCCCCCCC)OC(=O)CCCCCCCCC/C=C\CCCCCC. The summed E-state index contributed by atoms with van der Waals surface area (Å²) >= 11 is 0. The Labute approximate surface area is 488 Å². The largest absolute Gasteiger partial charge is 0.472 e. The molecule has 456 valence electrons. The Balaban J connectivity index is 5.10. The van der Waals surface area contributed by atoms with Crippen molar-refractivity contribution in [1.29, 1.82) is 0 Å². The molecule has 0 aliphatic rings. The lowest BCUT2D eigenvalue weighted by molar-refractivity contribution is -0.870. The van der Waals surface area contributed by atoms with Gasteiger partial charge in [0.2, 0.25) is 5.91 Å². The van der Waals surface area contributed by atoms with Gasteiger partial charge in [-0.1, -0.05) is 253 Å². The van der Waals surface area contributed by atoms with Crippen molar-refractivity contribution < 1.29 is 37.3 Å². The van der Waals surface area contributed by atoms with E-state index in [1.807, 2.05) is 33.3 Å². The molecule has 1 amide bonds. The fourth-order valence-corrected chi connectivity index (χ4v) is 9.73. The predicted octanol–water partition coefficient (Wildman–Crippen LogP) is 20.3. The lowest BCUT2D eigenvalue weighted by atomic mass is 10.0. The Morgan fingerprint density at radius 2 is 0.810 bits per heavy atom. The van der Waals surface area contributed by atoms with Gasteiger partial charge in [-0.25, -0.2) is 4.57 Å². The van der Waals surface area contributed by atoms with Gasteiger partial charge in [-0.15, -0.1) is 0 Å². The number of hydrogen-bond acceptors (Lipinski definition) is 6. The standard InChI is InChI=1S/C69H123N2O7P/c1-7-10-13-16-19-22-25-27-29-30-31-32-33-34-35-36-37-38-39-40-42-43-46-49-52-55-58-61-68(72)70-66(65-77-79(74,75)76-64-63-71(4,5)6)67(60-57-54-51-48-45-24-21-18-15-12-9-3)78-69(73)62-59-56-53-50-47-44-41-28-26-23-20-17-14-11-8-2/h10,13,19,22-23,26-27,29,31-32,34-35,37-38,57,60,66-67H,7-9,11-12,14-18,20-21,24-25,28,30,33,36,39-56,58-59,61-65H2,1-6H3,(H-,70,72,74,75)/p+1/b13-10-,22-19-,26-23-,29-27-,32-31-,35-34-,38-37-,60-57-. The first-order valence-electron chi connectivity index (χ1n) is 32.6. The molecule has 0 bridgehead atoms. The Hall–Kier alpha value is -3.07. The zero-order valence-corrected chi connectivity index (χ0v) is 53.0. The summed E-state index contributed by atoms with van der Waals surface area (Å²) in [6.07, 6.45) is 78.4. The number of esters is 1. The smallest absolute Gasteiger partial charge is 0.456 e. The minimum Gasteiger partial charge on any atom is -0.456 e. The molecule has 0 aliphatic heterocycles. The number of likely N-dealkylation sites (N-methyl/N-ethyl adjacent to an activating group) is 1. The third-order valence-corrected chi connectivity index (χ3v) is 15.0. The Bertz CT molecular complexity index is 1670. The fraction of sp³-hybridized carbons (Fsp3) is 0.739. The van der Waals surface area contributed by atoms with Crippen LogP contribution in [0.15, 0.2) is 97.2 Å². The van der Waals surface area contributed by atoms with Crippen molar-refractivity contribution in [2.75, 3.05) is 40.9 Å². The average molecular weight is 1120 g/mol. The summed E-state index contributed by atoms with van der Waals surface area (Å²) in [5, 5.41) is 3.05. The van der Waals surface area contributed by atoms with E-state index in [1.165, 1.54) is 122 Å². The molecule has 0 aromatic carbocycles. The van der Waals surface area contributed by atoms with E-state index in [2.05, 4.69) is 111 Å². The molecule has 0 aromatic rings. The van der Waals surface area contributed by atoms with E-state index in [9.17, 15) is 19.0 Å². The van der Waals surface area contributed by atoms with Crippen LogP contribution in [0.4, 0.5) is 0 Å². The van der Waals surface area contributed by atoms with Crippen molar-refractivity contribution in [3.05, 3.63) is 97.2 Å². The molecular formula is C69H124N2O7P+. The number of amides is 1. The topological polar surface area (TPSA) is 111 Å². The highest BCUT2D eigenvalue weighted by atomic mass is 31.2. The van der Waals surface area contributed by atoms with Gasteiger partial charge in [-0.2, -0.15) is 0 Å². The number of allylic oxidation sites excluding steroid dienone is 15. The first-order valence-corrected chi connectivity index (χ1v) is 34.1. The van der Waals surface area contributed by atoms with Crippen molar-refractivity contribution in [3.8, 4) is 0 Å². The summed E-state index contributed by atoms with van der Waals surface area (Å²) in [4.78, 5) is 37.7. The number of ether oxygens (including phenoxy) is 1. The second-order valence-corrected chi connectivity index (χ2v) is 24.4. The van der Waals surface area contributed by atoms with Gasteiger partial charge in [0.15, 0.2) is 0 Å². The van der Waals surface area contributed by atoms with Crippen LogP contribution in [0.5, 0.6) is 0 Å². The number of carbonyl (C=O) groups excluding carboxylic acids is 2. The van der Waals surface area contributed by atoms with Gasteiger partial charge in [0.25, 0.3) is 0 Å². The Morgan fingerprint density at radius 1 is 0.456 bits per heavy atom. The minimum absolute atomic E-state index is 0.0340. The number of unbranched alkanes of at least 4 members (excludes halogenated alkanes) is 28. The highest BCUT2D eigenvalue weighted by Crippen LogP contribution is 2.43. The molecule has 0 aliphatic carbocycles. The lowest BCUT2D eigenvalue weighted by Gasteiger charge is -2.27. The van der Waals surface area contributed by atoms with E-state index in [1.54, 1.807) is 0 Å². The highest BCUT2D eigenvalue weighted by molar-refractivity contribution is 7.47. The predicted molar refractivity (Wildman–Crippen MR) is 341 cm³/mol. The third kappa shape index (κ3) is 59.4. The first-order chi connectivity index (χ1) is 38.4. The maximum absolute atomic E-state index is 13.6. The quantitative estimate of drug-likeness (QED) is 0.0205. The summed E-state index contributed by atoms with van der Waals surface area (Å²) in [6, 6.07) is -0.859. The molecule has 2 N–H and O–H groups in total. The highest BCUT2D eigenvalue weighted by Gasteiger charge is 2.30. The molecule has 3 unspecified atom stereocenters. The molecule has 0 saturated carbocycles. The lowest BCUT2D eigenvalue weighted by Crippen LogP contribution is -2.47. The second kappa shape index (κ2) is 58.1. The molecule has 79 heavy (non-hydrogen) atoms. The molecule has 0 aromatic heterocycles. The van der Waals surface area contributed by atoms with E-state index in [4.69, 9.17) is 13.8 Å². The van der Waals surface area contributed by atoms with Crippen LogP contribution in [0.25, 0.3) is 0 Å². The molecule has 0 saturated heterocycles. The molecule has 0 heterocycles. The van der Waals surface area contributed by atoms with Gasteiger partial charge < -0.3 is 19.4 Å². The van der Waals surface area contributed by atoms with E-state index >= 15 is 0 Å². The van der Waals surface area contributed by atoms with Gasteiger partial charge in [0, 0.05) is 12.8 Å². The van der Waals surface area contributed by atoms with Crippen LogP contribution in [0.3, 0.4) is 0 Å². The van der Waals surface area contributed by atoms with Crippen LogP contribution >= 0.6 is 7.82 Å². The average Bonchev–Trinajstić information content (AvgIpc) is 3.41. The number of nitrogens with one attached hydrogen (secondary N) is 1. The van der Waals surface area contributed by atoms with Crippen molar-refractivity contribution in [2.45, 2.75) is 290 Å². The van der Waals surface area contributed by atoms with Gasteiger partial charge in [0.05, 0.1) is 33.8 Å². The van der Waals surface area contributed by atoms with Crippen LogP contribution in [0.2, 0.25) is 0 Å². The number of rotatable bonds is 58. The third-order valence-electron chi connectivity index (χ3n) is 14.0. The van der Waals surface area contributed by atoms with Crippen molar-refractivity contribution in [1.82, 2.24) is 5.32 Å². The summed E-state index contributed by atoms with van der Waals surface area (Å²) in [5.74, 6) is -0.521. The summed E-state index contributed by atoms with van der Waals surface area (Å²) in [5.41, 5.74) is 0. The van der Waals surface area contributed by atoms with E-state index in [0.29, 0.717) is 17.4 Å². The summed E-state index contributed by atoms with van der Waals surface area (Å²) in [6.45, 7) is 6.87. The number of nitrogens with zero attached hydrogens (tertiary/aromatic N) is 1. The molecule has 9 nitrogen and oxygen atoms in total. The molecule has 3 atom stereocenters. The van der Waals surface area contributed by atoms with Crippen LogP contribution in [0.1, 0.15) is 278 Å². The summed E-state index contributed by atoms with van der Waals surface area (Å²) in [7, 11) is 1.48. The molecule has 0 fully saturated rings. The van der Waals surface area contributed by atoms with E-state index in [0.717, 1.165) is 122 Å². The Morgan fingerprint density at radius 3 is 1.24 bits per heavy atom. The monoisotopic (exact) mass is 1120 g/mol. The molecule has 0 radical (unpaired) electrons. The number of phosphoric acid groups is 1. The number of quaternary nitrogens is 1. The van der Waals surface area contributed by atoms with Crippen LogP contribution in [0, 0.1) is 0 Å². The van der Waals surface area contributed by atoms with Crippen LogP contribution in [-0.4, -0.2) is 74.3 Å². The molecule has 0 rings (SSSR count). The van der Waals surface area contributed by atoms with E-state index < -0.39 is 20.0 Å². The van der Waals surface area contributed by atoms with Crippen LogP contribution in [-0.2, 0) is 27.9 Å². The van der Waals surface area contributed by atoms with Gasteiger partial charge in [-0.05, 0) is 109 Å². The van der Waals surface area contributed by atoms with Crippen molar-refractivity contribution >= 4 is 19.7 Å². The number of phosphoric ester groups is 1. The van der Waals surface area contributed by atoms with E-state index in [-0.39, 0.29) is 31.5 Å². The minimum atomic E-state index is -4.46. The maximum Gasteiger partial charge on any atom is 0.472 e. The number of hydrogen-bond donors (Lipinski definition) is 2. The number of carbonyl (C=O) groups is 2. The molecular weight excluding hydrogens is 1000 g/mol. The van der Waals surface area contributed by atoms with Crippen molar-refractivity contribution in [3.63, 3.8) is 0 Å². The first kappa shape index (κ1) is 75.9.